The number of hydrogen-bond acceptors (Lipinski definition) is 7. The van der Waals surface area contributed by atoms with Crippen LogP contribution in [0.4, 0.5) is 0 Å². The van der Waals surface area contributed by atoms with Crippen molar-refractivity contribution in [3.05, 3.63) is 57.6 Å². The molecule has 4 rings (SSSR count). The van der Waals surface area contributed by atoms with Crippen LogP contribution in [0.5, 0.6) is 0 Å². The number of benzene rings is 1. The predicted molar refractivity (Wildman–Crippen MR) is 116 cm³/mol. The first-order valence-electron chi connectivity index (χ1n) is 9.89. The number of amides is 1. The zero-order valence-corrected chi connectivity index (χ0v) is 18.0. The summed E-state index contributed by atoms with van der Waals surface area (Å²) in [5.41, 5.74) is 0.822. The molecular formula is C21H23ClN4O3S. The van der Waals surface area contributed by atoms with Gasteiger partial charge in [0.15, 0.2) is 0 Å². The first kappa shape index (κ1) is 21.0. The molecule has 0 radical (unpaired) electrons. The van der Waals surface area contributed by atoms with Crippen molar-refractivity contribution in [1.29, 1.82) is 0 Å². The molecule has 0 spiro atoms. The van der Waals surface area contributed by atoms with E-state index in [0.29, 0.717) is 36.1 Å². The molecule has 1 aliphatic heterocycles. The lowest BCUT2D eigenvalue weighted by atomic mass is 10.2. The molecule has 30 heavy (non-hydrogen) atoms. The van der Waals surface area contributed by atoms with Crippen molar-refractivity contribution in [3.8, 4) is 11.4 Å². The van der Waals surface area contributed by atoms with Gasteiger partial charge in [0.25, 0.3) is 0 Å². The fraction of sp³-hybridized carbons (Fsp3) is 0.381. The van der Waals surface area contributed by atoms with Crippen molar-refractivity contribution < 1.29 is 14.1 Å². The van der Waals surface area contributed by atoms with E-state index in [1.807, 2.05) is 18.2 Å². The molecule has 3 heterocycles. The summed E-state index contributed by atoms with van der Waals surface area (Å²) in [5.74, 6) is 0.904. The second kappa shape index (κ2) is 10.2. The van der Waals surface area contributed by atoms with Crippen LogP contribution in [0, 0.1) is 0 Å². The molecule has 3 aromatic rings. The smallest absolute Gasteiger partial charge is 0.227 e. The predicted octanol–water partition coefficient (Wildman–Crippen LogP) is 3.57. The minimum absolute atomic E-state index is 0.0314. The molecule has 0 aliphatic carbocycles. The molecule has 1 saturated heterocycles. The zero-order valence-electron chi connectivity index (χ0n) is 16.4. The summed E-state index contributed by atoms with van der Waals surface area (Å²) < 4.78 is 10.7. The number of hydrogen-bond donors (Lipinski definition) is 1. The lowest BCUT2D eigenvalue weighted by molar-refractivity contribution is -0.121. The van der Waals surface area contributed by atoms with Gasteiger partial charge in [0, 0.05) is 47.9 Å². The van der Waals surface area contributed by atoms with Crippen molar-refractivity contribution in [2.24, 2.45) is 0 Å². The van der Waals surface area contributed by atoms with Gasteiger partial charge in [0.05, 0.1) is 19.3 Å². The standard InChI is InChI=1S/C21H23ClN4O3S/c22-16-5-3-15(4-6-16)21-24-20(29-25-21)8-7-19(27)23-14-17(18-2-1-13-30-18)26-9-11-28-12-10-26/h1-6,13,17H,7-12,14H2,(H,23,27). The highest BCUT2D eigenvalue weighted by molar-refractivity contribution is 7.10. The zero-order chi connectivity index (χ0) is 20.8. The maximum absolute atomic E-state index is 12.4. The number of aromatic nitrogens is 2. The van der Waals surface area contributed by atoms with Crippen LogP contribution in [-0.4, -0.2) is 53.8 Å². The lowest BCUT2D eigenvalue weighted by Gasteiger charge is -2.34. The summed E-state index contributed by atoms with van der Waals surface area (Å²) in [6, 6.07) is 11.5. The van der Waals surface area contributed by atoms with Crippen molar-refractivity contribution in [2.75, 3.05) is 32.8 Å². The van der Waals surface area contributed by atoms with E-state index in [-0.39, 0.29) is 11.9 Å². The van der Waals surface area contributed by atoms with E-state index >= 15 is 0 Å². The van der Waals surface area contributed by atoms with Crippen molar-refractivity contribution >= 4 is 28.8 Å². The van der Waals surface area contributed by atoms with Gasteiger partial charge in [-0.05, 0) is 35.7 Å². The summed E-state index contributed by atoms with van der Waals surface area (Å²) in [7, 11) is 0. The fourth-order valence-electron chi connectivity index (χ4n) is 3.37. The van der Waals surface area contributed by atoms with Crippen LogP contribution >= 0.6 is 22.9 Å². The summed E-state index contributed by atoms with van der Waals surface area (Å²) in [5, 5.41) is 9.77. The number of nitrogens with one attached hydrogen (secondary N) is 1. The molecule has 1 atom stereocenters. The average Bonchev–Trinajstić information content (AvgIpc) is 3.46. The number of nitrogens with zero attached hydrogens (tertiary/aromatic N) is 3. The van der Waals surface area contributed by atoms with Gasteiger partial charge in [-0.1, -0.05) is 22.8 Å². The van der Waals surface area contributed by atoms with Crippen molar-refractivity contribution in [2.45, 2.75) is 18.9 Å². The molecule has 1 N–H and O–H groups in total. The Kier molecular flexibility index (Phi) is 7.11. The highest BCUT2D eigenvalue weighted by atomic mass is 35.5. The quantitative estimate of drug-likeness (QED) is 0.569. The largest absolute Gasteiger partial charge is 0.379 e. The molecule has 0 bridgehead atoms. The molecule has 9 heteroatoms. The molecule has 0 saturated carbocycles. The maximum Gasteiger partial charge on any atom is 0.227 e. The molecule has 1 aromatic carbocycles. The van der Waals surface area contributed by atoms with Gasteiger partial charge in [-0.2, -0.15) is 4.98 Å². The fourth-order valence-corrected chi connectivity index (χ4v) is 4.36. The van der Waals surface area contributed by atoms with Crippen LogP contribution in [0.25, 0.3) is 11.4 Å². The first-order valence-corrected chi connectivity index (χ1v) is 11.2. The van der Waals surface area contributed by atoms with Crippen molar-refractivity contribution in [3.63, 3.8) is 0 Å². The minimum atomic E-state index is -0.0314. The Labute approximate surface area is 184 Å². The monoisotopic (exact) mass is 446 g/mol. The summed E-state index contributed by atoms with van der Waals surface area (Å²) in [4.78, 5) is 20.4. The number of carbonyl (C=O) groups is 1. The van der Waals surface area contributed by atoms with Crippen molar-refractivity contribution in [1.82, 2.24) is 20.4 Å². The van der Waals surface area contributed by atoms with Gasteiger partial charge in [-0.3, -0.25) is 9.69 Å². The van der Waals surface area contributed by atoms with E-state index in [1.54, 1.807) is 23.5 Å². The SMILES string of the molecule is O=C(CCc1nc(-c2ccc(Cl)cc2)no1)NCC(c1cccs1)N1CCOCC1. The highest BCUT2D eigenvalue weighted by Gasteiger charge is 2.24. The minimum Gasteiger partial charge on any atom is -0.379 e. The number of ether oxygens (including phenoxy) is 1. The third-order valence-corrected chi connectivity index (χ3v) is 6.21. The van der Waals surface area contributed by atoms with Crippen LogP contribution in [0.2, 0.25) is 5.02 Å². The number of thiophene rings is 1. The van der Waals surface area contributed by atoms with Gasteiger partial charge in [-0.15, -0.1) is 11.3 Å². The normalized spacial score (nSPS) is 15.8. The van der Waals surface area contributed by atoms with E-state index in [0.717, 1.165) is 31.9 Å². The Balaban J connectivity index is 1.29. The van der Waals surface area contributed by atoms with E-state index in [9.17, 15) is 4.79 Å². The number of halogens is 1. The molecule has 1 unspecified atom stereocenters. The summed E-state index contributed by atoms with van der Waals surface area (Å²) in [6.07, 6.45) is 0.691. The number of rotatable bonds is 8. The lowest BCUT2D eigenvalue weighted by Crippen LogP contribution is -2.43. The Hall–Kier alpha value is -2.26. The van der Waals surface area contributed by atoms with E-state index in [1.165, 1.54) is 4.88 Å². The second-order valence-electron chi connectivity index (χ2n) is 7.00. The number of morpholine rings is 1. The molecule has 1 fully saturated rings. The average molecular weight is 447 g/mol. The van der Waals surface area contributed by atoms with E-state index < -0.39 is 0 Å². The summed E-state index contributed by atoms with van der Waals surface area (Å²) in [6.45, 7) is 3.76. The highest BCUT2D eigenvalue weighted by Crippen LogP contribution is 2.25. The Morgan fingerprint density at radius 3 is 2.77 bits per heavy atom. The van der Waals surface area contributed by atoms with Gasteiger partial charge in [0.1, 0.15) is 0 Å². The molecule has 2 aromatic heterocycles. The van der Waals surface area contributed by atoms with Crippen LogP contribution < -0.4 is 5.32 Å². The van der Waals surface area contributed by atoms with Gasteiger partial charge in [0.2, 0.25) is 17.6 Å². The molecule has 158 valence electrons. The molecular weight excluding hydrogens is 424 g/mol. The second-order valence-corrected chi connectivity index (χ2v) is 8.42. The molecule has 1 aliphatic rings. The van der Waals surface area contributed by atoms with E-state index in [4.69, 9.17) is 20.9 Å². The molecule has 7 nitrogen and oxygen atoms in total. The van der Waals surface area contributed by atoms with Crippen LogP contribution in [0.1, 0.15) is 23.2 Å². The first-order chi connectivity index (χ1) is 14.7. The number of carbonyl (C=O) groups excluding carboxylic acids is 1. The van der Waals surface area contributed by atoms with Crippen LogP contribution in [-0.2, 0) is 16.0 Å². The third-order valence-electron chi connectivity index (χ3n) is 4.99. The van der Waals surface area contributed by atoms with Gasteiger partial charge >= 0.3 is 0 Å². The topological polar surface area (TPSA) is 80.5 Å². The molecule has 1 amide bonds. The summed E-state index contributed by atoms with van der Waals surface area (Å²) >= 11 is 7.62. The van der Waals surface area contributed by atoms with Gasteiger partial charge < -0.3 is 14.6 Å². The van der Waals surface area contributed by atoms with Crippen LogP contribution in [0.3, 0.4) is 0 Å². The van der Waals surface area contributed by atoms with E-state index in [2.05, 4.69) is 31.8 Å². The maximum atomic E-state index is 12.4. The Morgan fingerprint density at radius 2 is 2.03 bits per heavy atom. The Bertz CT molecular complexity index is 940. The van der Waals surface area contributed by atoms with Crippen LogP contribution in [0.15, 0.2) is 46.3 Å². The van der Waals surface area contributed by atoms with Gasteiger partial charge in [-0.25, -0.2) is 0 Å². The third kappa shape index (κ3) is 5.46. The Morgan fingerprint density at radius 1 is 1.23 bits per heavy atom. The number of aryl methyl sites for hydroxylation is 1.